The highest BCUT2D eigenvalue weighted by Gasteiger charge is 2.32. The zero-order valence-corrected chi connectivity index (χ0v) is 15.5. The summed E-state index contributed by atoms with van der Waals surface area (Å²) in [6.45, 7) is -0.222. The number of thioether (sulfide) groups is 1. The summed E-state index contributed by atoms with van der Waals surface area (Å²) < 4.78 is 49.3. The maximum Gasteiger partial charge on any atom is 0.266 e. The van der Waals surface area contributed by atoms with Crippen molar-refractivity contribution in [2.75, 3.05) is 12.3 Å². The second-order valence-electron chi connectivity index (χ2n) is 5.33. The summed E-state index contributed by atoms with van der Waals surface area (Å²) in [5.41, 5.74) is 0.687. The van der Waals surface area contributed by atoms with E-state index in [2.05, 4.69) is 0 Å². The number of hydrogen-bond acceptors (Lipinski definition) is 6. The largest absolute Gasteiger partial charge is 0.457 e. The lowest BCUT2D eigenvalue weighted by Crippen LogP contribution is -2.32. The monoisotopic (exact) mass is 413 g/mol. The smallest absolute Gasteiger partial charge is 0.266 e. The Labute approximate surface area is 158 Å². The van der Waals surface area contributed by atoms with Gasteiger partial charge in [0.2, 0.25) is 0 Å². The van der Waals surface area contributed by atoms with Crippen molar-refractivity contribution in [2.45, 2.75) is 0 Å². The number of carbonyl (C=O) groups is 1. The van der Waals surface area contributed by atoms with Gasteiger partial charge in [0.05, 0.1) is 10.7 Å². The predicted molar refractivity (Wildman–Crippen MR) is 100 cm³/mol. The van der Waals surface area contributed by atoms with Crippen molar-refractivity contribution in [1.29, 1.82) is 0 Å². The predicted octanol–water partition coefficient (Wildman–Crippen LogP) is 3.17. The molecule has 0 bridgehead atoms. The van der Waals surface area contributed by atoms with Crippen molar-refractivity contribution in [1.82, 2.24) is 4.90 Å². The average molecular weight is 413 g/mol. The van der Waals surface area contributed by atoms with Gasteiger partial charge in [0.15, 0.2) is 0 Å². The van der Waals surface area contributed by atoms with E-state index in [0.717, 1.165) is 16.7 Å². The quantitative estimate of drug-likeness (QED) is 0.458. The number of benzene rings is 1. The number of halogens is 1. The van der Waals surface area contributed by atoms with Crippen molar-refractivity contribution in [2.24, 2.45) is 0 Å². The minimum atomic E-state index is -4.19. The van der Waals surface area contributed by atoms with Crippen molar-refractivity contribution in [3.63, 3.8) is 0 Å². The van der Waals surface area contributed by atoms with Crippen molar-refractivity contribution >= 4 is 50.4 Å². The van der Waals surface area contributed by atoms with Crippen LogP contribution in [0.3, 0.4) is 0 Å². The maximum absolute atomic E-state index is 13.0. The van der Waals surface area contributed by atoms with E-state index in [1.165, 1.54) is 18.2 Å². The molecule has 1 aromatic carbocycles. The fourth-order valence-corrected chi connectivity index (χ4v) is 3.93. The summed E-state index contributed by atoms with van der Waals surface area (Å²) in [6, 6.07) is 9.14. The number of hydrogen-bond donors (Lipinski definition) is 1. The van der Waals surface area contributed by atoms with Crippen LogP contribution in [0.5, 0.6) is 0 Å². The number of furan rings is 1. The Hall–Kier alpha value is -2.01. The Morgan fingerprint density at radius 3 is 2.58 bits per heavy atom. The van der Waals surface area contributed by atoms with Crippen molar-refractivity contribution < 1.29 is 26.6 Å². The summed E-state index contributed by atoms with van der Waals surface area (Å²) >= 11 is 6.09. The molecule has 1 fully saturated rings. The molecule has 2 heterocycles. The van der Waals surface area contributed by atoms with Gasteiger partial charge >= 0.3 is 0 Å². The molecule has 1 N–H and O–H groups in total. The summed E-state index contributed by atoms with van der Waals surface area (Å²) in [5.74, 6) is -0.488. The van der Waals surface area contributed by atoms with Crippen LogP contribution in [-0.4, -0.2) is 40.4 Å². The standard InChI is InChI=1S/C16H12FNO5S3/c17-11-3-1-10(2-4-11)13-6-5-12(23-13)9-14-15(19)18(16(24)25-14)7-8-26(20,21)22/h1-6,9H,7-8H2,(H,20,21,22). The highest BCUT2D eigenvalue weighted by Crippen LogP contribution is 2.33. The Bertz CT molecular complexity index is 995. The molecule has 1 amide bonds. The van der Waals surface area contributed by atoms with Crippen LogP contribution in [0.25, 0.3) is 17.4 Å². The molecule has 1 aliphatic heterocycles. The first-order valence-corrected chi connectivity index (χ1v) is 10.1. The average Bonchev–Trinajstić information content (AvgIpc) is 3.12. The van der Waals surface area contributed by atoms with Crippen LogP contribution in [0.15, 0.2) is 45.7 Å². The van der Waals surface area contributed by atoms with Gasteiger partial charge in [-0.15, -0.1) is 0 Å². The molecule has 6 nitrogen and oxygen atoms in total. The summed E-state index contributed by atoms with van der Waals surface area (Å²) in [4.78, 5) is 13.7. The first-order chi connectivity index (χ1) is 12.2. The minimum Gasteiger partial charge on any atom is -0.457 e. The van der Waals surface area contributed by atoms with Crippen molar-refractivity contribution in [3.8, 4) is 11.3 Å². The van der Waals surface area contributed by atoms with E-state index in [1.807, 2.05) is 0 Å². The van der Waals surface area contributed by atoms with E-state index in [4.69, 9.17) is 21.2 Å². The lowest BCUT2D eigenvalue weighted by atomic mass is 10.2. The molecule has 136 valence electrons. The Morgan fingerprint density at radius 2 is 1.92 bits per heavy atom. The minimum absolute atomic E-state index is 0.204. The third-order valence-electron chi connectivity index (χ3n) is 3.48. The molecule has 1 saturated heterocycles. The third-order valence-corrected chi connectivity index (χ3v) is 5.55. The molecule has 0 saturated carbocycles. The Morgan fingerprint density at radius 1 is 1.23 bits per heavy atom. The van der Waals surface area contributed by atoms with E-state index >= 15 is 0 Å². The molecule has 0 spiro atoms. The van der Waals surface area contributed by atoms with E-state index < -0.39 is 21.8 Å². The molecule has 26 heavy (non-hydrogen) atoms. The van der Waals surface area contributed by atoms with Gasteiger partial charge in [-0.25, -0.2) is 4.39 Å². The highest BCUT2D eigenvalue weighted by atomic mass is 32.2. The lowest BCUT2D eigenvalue weighted by Gasteiger charge is -2.12. The van der Waals surface area contributed by atoms with E-state index in [1.54, 1.807) is 24.3 Å². The molecule has 2 aromatic rings. The summed E-state index contributed by atoms with van der Waals surface area (Å²) in [5, 5.41) is 0. The topological polar surface area (TPSA) is 87.8 Å². The van der Waals surface area contributed by atoms with Gasteiger partial charge in [0.25, 0.3) is 16.0 Å². The van der Waals surface area contributed by atoms with Gasteiger partial charge in [-0.1, -0.05) is 24.0 Å². The maximum atomic E-state index is 13.0. The van der Waals surface area contributed by atoms with E-state index in [0.29, 0.717) is 17.1 Å². The number of carbonyl (C=O) groups excluding carboxylic acids is 1. The van der Waals surface area contributed by atoms with E-state index in [-0.39, 0.29) is 21.6 Å². The molecular formula is C16H12FNO5S3. The van der Waals surface area contributed by atoms with Crippen LogP contribution in [-0.2, 0) is 14.9 Å². The van der Waals surface area contributed by atoms with Crippen LogP contribution in [0.4, 0.5) is 4.39 Å². The summed E-state index contributed by atoms with van der Waals surface area (Å²) in [6.07, 6.45) is 1.50. The van der Waals surface area contributed by atoms with Gasteiger partial charge < -0.3 is 4.42 Å². The molecule has 3 rings (SSSR count). The van der Waals surface area contributed by atoms with Crippen LogP contribution in [0.2, 0.25) is 0 Å². The second kappa shape index (κ2) is 7.31. The highest BCUT2D eigenvalue weighted by molar-refractivity contribution is 8.26. The SMILES string of the molecule is O=C1C(=Cc2ccc(-c3ccc(F)cc3)o2)SC(=S)N1CCS(=O)(=O)O. The second-order valence-corrected chi connectivity index (χ2v) is 8.58. The normalized spacial score (nSPS) is 16.7. The lowest BCUT2D eigenvalue weighted by molar-refractivity contribution is -0.121. The summed E-state index contributed by atoms with van der Waals surface area (Å²) in [7, 11) is -4.19. The molecule has 1 aliphatic rings. The van der Waals surface area contributed by atoms with Gasteiger partial charge in [0.1, 0.15) is 21.7 Å². The molecule has 0 unspecified atom stereocenters. The van der Waals surface area contributed by atoms with Gasteiger partial charge in [-0.05, 0) is 36.4 Å². The van der Waals surface area contributed by atoms with Crippen LogP contribution < -0.4 is 0 Å². The fraction of sp³-hybridized carbons (Fsp3) is 0.125. The zero-order chi connectivity index (χ0) is 18.9. The van der Waals surface area contributed by atoms with E-state index in [9.17, 15) is 17.6 Å². The number of amides is 1. The molecule has 0 atom stereocenters. The molecule has 0 radical (unpaired) electrons. The molecule has 0 aliphatic carbocycles. The first-order valence-electron chi connectivity index (χ1n) is 7.29. The number of rotatable bonds is 5. The molecular weight excluding hydrogens is 401 g/mol. The third kappa shape index (κ3) is 4.39. The number of nitrogens with zero attached hydrogens (tertiary/aromatic N) is 1. The van der Waals surface area contributed by atoms with Crippen LogP contribution in [0, 0.1) is 5.82 Å². The Balaban J connectivity index is 1.77. The fourth-order valence-electron chi connectivity index (χ4n) is 2.23. The van der Waals surface area contributed by atoms with Crippen LogP contribution >= 0.6 is 24.0 Å². The van der Waals surface area contributed by atoms with Gasteiger partial charge in [0, 0.05) is 18.2 Å². The number of thiocarbonyl (C=S) groups is 1. The Kier molecular flexibility index (Phi) is 5.28. The first kappa shape index (κ1) is 18.8. The zero-order valence-electron chi connectivity index (χ0n) is 13.1. The van der Waals surface area contributed by atoms with Gasteiger partial charge in [-0.2, -0.15) is 8.42 Å². The molecule has 1 aromatic heterocycles. The van der Waals surface area contributed by atoms with Crippen molar-refractivity contribution in [3.05, 3.63) is 52.9 Å². The molecule has 10 heteroatoms. The van der Waals surface area contributed by atoms with Crippen LogP contribution in [0.1, 0.15) is 5.76 Å². The van der Waals surface area contributed by atoms with Gasteiger partial charge in [-0.3, -0.25) is 14.2 Å².